The zero-order valence-corrected chi connectivity index (χ0v) is 27.9. The van der Waals surface area contributed by atoms with Crippen LogP contribution in [0.25, 0.3) is 0 Å². The van der Waals surface area contributed by atoms with E-state index in [1.165, 1.54) is 35.2 Å². The molecule has 3 aromatic carbocycles. The molecule has 0 saturated carbocycles. The number of hydrogen-bond donors (Lipinski definition) is 0. The van der Waals surface area contributed by atoms with Crippen molar-refractivity contribution in [1.82, 2.24) is 0 Å². The van der Waals surface area contributed by atoms with Crippen LogP contribution < -0.4 is 14.7 Å². The topological polar surface area (TPSA) is 69.2 Å². The normalized spacial score (nSPS) is 11.3. The van der Waals surface area contributed by atoms with E-state index in [0.717, 1.165) is 0 Å². The molecule has 0 unspecified atom stereocenters. The fraction of sp³-hybridized carbons (Fsp3) is 0.400. The molecule has 0 heterocycles. The molecule has 0 saturated heterocycles. The van der Waals surface area contributed by atoms with Gasteiger partial charge in [0, 0.05) is 81.8 Å². The molecule has 0 N–H and O–H groups in total. The fourth-order valence-corrected chi connectivity index (χ4v) is 7.31. The van der Waals surface area contributed by atoms with Gasteiger partial charge in [-0.25, -0.2) is 0 Å². The van der Waals surface area contributed by atoms with E-state index in [9.17, 15) is 0 Å². The van der Waals surface area contributed by atoms with Crippen molar-refractivity contribution in [2.45, 2.75) is 18.5 Å². The Morgan fingerprint density at radius 3 is 0.703 bits per heavy atom. The minimum Gasteiger partial charge on any atom is -0.854 e. The maximum Gasteiger partial charge on any atom is 0.0834 e. The summed E-state index contributed by atoms with van der Waals surface area (Å²) in [6.45, 7) is 21.4. The predicted molar refractivity (Wildman–Crippen MR) is 171 cm³/mol. The van der Waals surface area contributed by atoms with Gasteiger partial charge in [-0.1, -0.05) is 91.0 Å². The van der Waals surface area contributed by atoms with E-state index in [2.05, 4.69) is 151 Å². The molecule has 0 aliphatic heterocycles. The summed E-state index contributed by atoms with van der Waals surface area (Å²) < 4.78 is 0. The summed E-state index contributed by atoms with van der Waals surface area (Å²) >= 11 is 0. The van der Waals surface area contributed by atoms with Gasteiger partial charge >= 0.3 is 0 Å². The van der Waals surface area contributed by atoms with Gasteiger partial charge < -0.3 is 23.3 Å². The van der Waals surface area contributed by atoms with Crippen molar-refractivity contribution < 1.29 is 14.7 Å². The first-order valence-corrected chi connectivity index (χ1v) is 23.4. The maximum atomic E-state index is 8.48. The van der Waals surface area contributed by atoms with Crippen LogP contribution in [0.1, 0.15) is 16.7 Å². The standard InChI is InChI=1S/3C10H16P.O3P/c3*1-11(2,3)9-10-7-5-4-6-8-10;1-4(2)3/h3*4-8H,9H2,1-3H3;/q3*+1;-3. The zero-order chi connectivity index (χ0) is 28.5. The Morgan fingerprint density at radius 2 is 0.568 bits per heavy atom. The third-order valence-corrected chi connectivity index (χ3v) is 8.44. The van der Waals surface area contributed by atoms with Crippen molar-refractivity contribution in [3.05, 3.63) is 108 Å². The van der Waals surface area contributed by atoms with E-state index in [-0.39, 0.29) is 0 Å². The molecule has 37 heavy (non-hydrogen) atoms. The van der Waals surface area contributed by atoms with Gasteiger partial charge in [0.05, 0.1) is 18.5 Å². The van der Waals surface area contributed by atoms with Crippen LogP contribution in [0.2, 0.25) is 0 Å². The molecular formula is C30H48O3P4. The largest absolute Gasteiger partial charge is 0.854 e. The van der Waals surface area contributed by atoms with Gasteiger partial charge in [0.1, 0.15) is 0 Å². The molecule has 7 heteroatoms. The lowest BCUT2D eigenvalue weighted by molar-refractivity contribution is -0.407. The quantitative estimate of drug-likeness (QED) is 0.310. The zero-order valence-electron chi connectivity index (χ0n) is 24.3. The molecule has 0 bridgehead atoms. The molecule has 0 aliphatic carbocycles. The second kappa shape index (κ2) is 18.5. The first kappa shape index (κ1) is 36.3. The molecule has 0 amide bonds. The molecule has 0 radical (unpaired) electrons. The summed E-state index contributed by atoms with van der Waals surface area (Å²) in [5.41, 5.74) is 4.44. The van der Waals surface area contributed by atoms with Gasteiger partial charge in [-0.3, -0.25) is 0 Å². The van der Waals surface area contributed by atoms with Crippen LogP contribution in [0.4, 0.5) is 0 Å². The van der Waals surface area contributed by atoms with Gasteiger partial charge in [-0.15, -0.1) is 0 Å². The molecule has 0 aromatic heterocycles. The summed E-state index contributed by atoms with van der Waals surface area (Å²) in [4.78, 5) is 25.4. The predicted octanol–water partition coefficient (Wildman–Crippen LogP) is 6.58. The smallest absolute Gasteiger partial charge is 0.0834 e. The summed E-state index contributed by atoms with van der Waals surface area (Å²) in [5, 5.41) is 0. The van der Waals surface area contributed by atoms with E-state index in [1.807, 2.05) is 0 Å². The number of benzene rings is 3. The van der Waals surface area contributed by atoms with Gasteiger partial charge in [-0.2, -0.15) is 0 Å². The number of rotatable bonds is 6. The molecule has 0 atom stereocenters. The van der Waals surface area contributed by atoms with Crippen molar-refractivity contribution in [3.8, 4) is 0 Å². The van der Waals surface area contributed by atoms with Crippen LogP contribution in [-0.4, -0.2) is 60.0 Å². The van der Waals surface area contributed by atoms with Crippen LogP contribution in [0.5, 0.6) is 0 Å². The van der Waals surface area contributed by atoms with E-state index in [4.69, 9.17) is 14.7 Å². The fourth-order valence-electron chi connectivity index (χ4n) is 3.39. The molecule has 206 valence electrons. The lowest BCUT2D eigenvalue weighted by atomic mass is 10.2. The van der Waals surface area contributed by atoms with Crippen molar-refractivity contribution in [3.63, 3.8) is 0 Å². The Kier molecular flexibility index (Phi) is 18.2. The van der Waals surface area contributed by atoms with Crippen molar-refractivity contribution in [1.29, 1.82) is 0 Å². The third-order valence-electron chi connectivity index (χ3n) is 4.50. The van der Waals surface area contributed by atoms with Crippen LogP contribution in [0, 0.1) is 0 Å². The average molecular weight is 581 g/mol. The Morgan fingerprint density at radius 1 is 0.405 bits per heavy atom. The van der Waals surface area contributed by atoms with E-state index >= 15 is 0 Å². The number of hydrogen-bond acceptors (Lipinski definition) is 3. The second-order valence-corrected chi connectivity index (χ2v) is 27.2. The van der Waals surface area contributed by atoms with E-state index < -0.39 is 30.4 Å². The minimum atomic E-state index is -3.37. The Bertz CT molecular complexity index is 807. The molecule has 3 aromatic rings. The summed E-state index contributed by atoms with van der Waals surface area (Å²) in [7, 11) is -5.28. The lowest BCUT2D eigenvalue weighted by Crippen LogP contribution is -2.18. The van der Waals surface area contributed by atoms with Gasteiger partial charge in [0.25, 0.3) is 0 Å². The van der Waals surface area contributed by atoms with Crippen molar-refractivity contribution >= 4 is 30.4 Å². The van der Waals surface area contributed by atoms with Crippen LogP contribution in [-0.2, 0) is 18.5 Å². The monoisotopic (exact) mass is 580 g/mol. The maximum absolute atomic E-state index is 8.48. The van der Waals surface area contributed by atoms with Crippen LogP contribution in [0.3, 0.4) is 0 Å². The van der Waals surface area contributed by atoms with Gasteiger partial charge in [0.15, 0.2) is 0 Å². The first-order valence-electron chi connectivity index (χ1n) is 12.3. The third kappa shape index (κ3) is 26.6. The highest BCUT2D eigenvalue weighted by Gasteiger charge is 2.18. The SMILES string of the molecule is C[P+](C)(C)Cc1ccccc1.C[P+](C)(C)Cc1ccccc1.C[P+](C)(C)Cc1ccccc1.[O-]P([O-])[O-]. The minimum absolute atomic E-state index is 0.638. The summed E-state index contributed by atoms with van der Waals surface area (Å²) in [6.07, 6.45) is 3.82. The molecular weight excluding hydrogens is 532 g/mol. The van der Waals surface area contributed by atoms with Gasteiger partial charge in [-0.05, 0) is 16.7 Å². The Labute approximate surface area is 230 Å². The molecule has 0 spiro atoms. The Balaban J connectivity index is 0.000000490. The highest BCUT2D eigenvalue weighted by atomic mass is 31.2. The first-order chi connectivity index (χ1) is 17.0. The van der Waals surface area contributed by atoms with Crippen molar-refractivity contribution in [2.75, 3.05) is 60.0 Å². The van der Waals surface area contributed by atoms with Gasteiger partial charge in [0.2, 0.25) is 0 Å². The van der Waals surface area contributed by atoms with E-state index in [1.54, 1.807) is 0 Å². The molecule has 3 rings (SSSR count). The highest BCUT2D eigenvalue weighted by molar-refractivity contribution is 7.73. The molecule has 0 aliphatic rings. The highest BCUT2D eigenvalue weighted by Crippen LogP contribution is 2.51. The second-order valence-electron chi connectivity index (χ2n) is 12.0. The Hall–Kier alpha value is -0.740. The van der Waals surface area contributed by atoms with Crippen LogP contribution in [0.15, 0.2) is 91.0 Å². The lowest BCUT2D eigenvalue weighted by Gasteiger charge is -2.39. The van der Waals surface area contributed by atoms with E-state index in [0.29, 0.717) is 0 Å². The van der Waals surface area contributed by atoms with Crippen molar-refractivity contribution in [2.24, 2.45) is 0 Å². The average Bonchev–Trinajstić information content (AvgIpc) is 2.73. The summed E-state index contributed by atoms with van der Waals surface area (Å²) in [5.74, 6) is 0. The molecule has 3 nitrogen and oxygen atoms in total. The molecule has 0 fully saturated rings. The van der Waals surface area contributed by atoms with Crippen LogP contribution >= 0.6 is 30.4 Å². The summed E-state index contributed by atoms with van der Waals surface area (Å²) in [6, 6.07) is 32.2.